The number of rotatable bonds is 2. The molecule has 0 radical (unpaired) electrons. The van der Waals surface area contributed by atoms with Crippen LogP contribution >= 0.6 is 23.4 Å². The maximum absolute atomic E-state index is 12.1. The minimum Gasteiger partial charge on any atom is -0.279 e. The molecule has 1 aliphatic heterocycles. The van der Waals surface area contributed by atoms with Crippen LogP contribution in [-0.2, 0) is 4.79 Å². The first-order chi connectivity index (χ1) is 9.25. The van der Waals surface area contributed by atoms with Gasteiger partial charge in [-0.1, -0.05) is 41.9 Å². The third kappa shape index (κ3) is 2.46. The minimum absolute atomic E-state index is 0.0117. The number of aromatic nitrogens is 1. The number of nitrogens with zero attached hydrogens (tertiary/aromatic N) is 2. The van der Waals surface area contributed by atoms with Gasteiger partial charge in [0.2, 0.25) is 5.91 Å². The lowest BCUT2D eigenvalue weighted by molar-refractivity contribution is -0.115. The summed E-state index contributed by atoms with van der Waals surface area (Å²) in [5, 5.41) is 0.557. The van der Waals surface area contributed by atoms with E-state index in [1.807, 2.05) is 30.3 Å². The van der Waals surface area contributed by atoms with Crippen molar-refractivity contribution in [2.24, 2.45) is 0 Å². The molecule has 96 valence electrons. The number of thioether (sulfide) groups is 1. The highest BCUT2D eigenvalue weighted by Crippen LogP contribution is 2.40. The first-order valence-corrected chi connectivity index (χ1v) is 7.28. The molecule has 1 aromatic carbocycles. The molecule has 0 spiro atoms. The second-order valence-corrected chi connectivity index (χ2v) is 5.68. The van der Waals surface area contributed by atoms with E-state index in [9.17, 15) is 4.79 Å². The lowest BCUT2D eigenvalue weighted by atomic mass is 10.2. The number of hydrogen-bond donors (Lipinski definition) is 0. The summed E-state index contributed by atoms with van der Waals surface area (Å²) in [7, 11) is 0. The van der Waals surface area contributed by atoms with Crippen molar-refractivity contribution in [1.29, 1.82) is 0 Å². The fourth-order valence-electron chi connectivity index (χ4n) is 2.05. The molecule has 0 aliphatic carbocycles. The Bertz CT molecular complexity index is 588. The number of benzene rings is 1. The highest BCUT2D eigenvalue weighted by molar-refractivity contribution is 8.00. The van der Waals surface area contributed by atoms with Crippen LogP contribution < -0.4 is 4.90 Å². The molecule has 0 saturated carbocycles. The molecular weight excluding hydrogens is 280 g/mol. The van der Waals surface area contributed by atoms with Gasteiger partial charge in [0.1, 0.15) is 11.2 Å². The van der Waals surface area contributed by atoms with E-state index in [1.165, 1.54) is 0 Å². The molecule has 1 aliphatic rings. The van der Waals surface area contributed by atoms with Crippen molar-refractivity contribution in [3.05, 3.63) is 59.2 Å². The van der Waals surface area contributed by atoms with E-state index in [0.29, 0.717) is 16.6 Å². The standard InChI is InChI=1S/C14H11ClN2OS/c15-11-6-7-12(16-8-11)17-13(18)9-19-14(17)10-4-2-1-3-5-10/h1-8,14H,9H2. The maximum atomic E-state index is 12.1. The van der Waals surface area contributed by atoms with Crippen LogP contribution in [0.2, 0.25) is 5.02 Å². The van der Waals surface area contributed by atoms with Crippen molar-refractivity contribution in [3.8, 4) is 0 Å². The second-order valence-electron chi connectivity index (χ2n) is 4.17. The summed E-state index contributed by atoms with van der Waals surface area (Å²) in [4.78, 5) is 18.1. The van der Waals surface area contributed by atoms with E-state index >= 15 is 0 Å². The average Bonchev–Trinajstić information content (AvgIpc) is 2.83. The summed E-state index contributed by atoms with van der Waals surface area (Å²) in [5.74, 6) is 1.20. The third-order valence-corrected chi connectivity index (χ3v) is 4.35. The fourth-order valence-corrected chi connectivity index (χ4v) is 3.32. The minimum atomic E-state index is -0.0117. The highest BCUT2D eigenvalue weighted by atomic mass is 35.5. The normalized spacial score (nSPS) is 18.9. The zero-order valence-corrected chi connectivity index (χ0v) is 11.6. The zero-order valence-electron chi connectivity index (χ0n) is 9.99. The topological polar surface area (TPSA) is 33.2 Å². The molecule has 1 unspecified atom stereocenters. The van der Waals surface area contributed by atoms with Crippen molar-refractivity contribution in [2.75, 3.05) is 10.7 Å². The number of pyridine rings is 1. The lowest BCUT2D eigenvalue weighted by Crippen LogP contribution is -2.28. The van der Waals surface area contributed by atoms with Gasteiger partial charge in [-0.25, -0.2) is 4.98 Å². The molecule has 1 saturated heterocycles. The van der Waals surface area contributed by atoms with E-state index < -0.39 is 0 Å². The summed E-state index contributed by atoms with van der Waals surface area (Å²) in [5.41, 5.74) is 1.11. The molecule has 0 N–H and O–H groups in total. The van der Waals surface area contributed by atoms with Gasteiger partial charge in [-0.15, -0.1) is 11.8 Å². The largest absolute Gasteiger partial charge is 0.279 e. The van der Waals surface area contributed by atoms with Crippen molar-refractivity contribution in [1.82, 2.24) is 4.98 Å². The molecule has 19 heavy (non-hydrogen) atoms. The van der Waals surface area contributed by atoms with E-state index in [1.54, 1.807) is 35.0 Å². The molecule has 2 aromatic rings. The third-order valence-electron chi connectivity index (χ3n) is 2.91. The molecule has 1 atom stereocenters. The van der Waals surface area contributed by atoms with Gasteiger partial charge in [0.05, 0.1) is 10.8 Å². The zero-order chi connectivity index (χ0) is 13.2. The summed E-state index contributed by atoms with van der Waals surface area (Å²) < 4.78 is 0. The Kier molecular flexibility index (Phi) is 3.44. The van der Waals surface area contributed by atoms with Crippen LogP contribution in [0.4, 0.5) is 5.82 Å². The SMILES string of the molecule is O=C1CSC(c2ccccc2)N1c1ccc(Cl)cn1. The van der Waals surface area contributed by atoms with Gasteiger partial charge >= 0.3 is 0 Å². The molecular formula is C14H11ClN2OS. The van der Waals surface area contributed by atoms with Gasteiger partial charge in [0.15, 0.2) is 0 Å². The van der Waals surface area contributed by atoms with E-state index in [2.05, 4.69) is 4.98 Å². The first-order valence-electron chi connectivity index (χ1n) is 5.86. The summed E-state index contributed by atoms with van der Waals surface area (Å²) >= 11 is 7.45. The summed E-state index contributed by atoms with van der Waals surface area (Å²) in [6, 6.07) is 13.5. The summed E-state index contributed by atoms with van der Waals surface area (Å²) in [6.45, 7) is 0. The van der Waals surface area contributed by atoms with Gasteiger partial charge in [0.25, 0.3) is 0 Å². The van der Waals surface area contributed by atoms with E-state index in [0.717, 1.165) is 5.56 Å². The Hall–Kier alpha value is -1.52. The number of amides is 1. The van der Waals surface area contributed by atoms with Crippen LogP contribution in [0, 0.1) is 0 Å². The molecule has 1 aromatic heterocycles. The number of carbonyl (C=O) groups is 1. The molecule has 1 amide bonds. The first kappa shape index (κ1) is 12.5. The van der Waals surface area contributed by atoms with Crippen LogP contribution in [0.15, 0.2) is 48.7 Å². The Morgan fingerprint density at radius 3 is 2.68 bits per heavy atom. The van der Waals surface area contributed by atoms with Gasteiger partial charge in [0, 0.05) is 6.20 Å². The molecule has 5 heteroatoms. The van der Waals surface area contributed by atoms with Gasteiger partial charge in [-0.05, 0) is 17.7 Å². The Morgan fingerprint density at radius 2 is 2.00 bits per heavy atom. The van der Waals surface area contributed by atoms with Crippen LogP contribution in [0.1, 0.15) is 10.9 Å². The predicted octanol–water partition coefficient (Wildman–Crippen LogP) is 3.51. The Morgan fingerprint density at radius 1 is 1.21 bits per heavy atom. The maximum Gasteiger partial charge on any atom is 0.239 e. The van der Waals surface area contributed by atoms with E-state index in [4.69, 9.17) is 11.6 Å². The molecule has 3 nitrogen and oxygen atoms in total. The van der Waals surface area contributed by atoms with Crippen LogP contribution in [0.3, 0.4) is 0 Å². The van der Waals surface area contributed by atoms with Crippen LogP contribution in [-0.4, -0.2) is 16.6 Å². The average molecular weight is 291 g/mol. The molecule has 1 fully saturated rings. The number of anilines is 1. The van der Waals surface area contributed by atoms with Crippen molar-refractivity contribution >= 4 is 35.1 Å². The Balaban J connectivity index is 1.97. The van der Waals surface area contributed by atoms with Crippen LogP contribution in [0.5, 0.6) is 0 Å². The van der Waals surface area contributed by atoms with Crippen LogP contribution in [0.25, 0.3) is 0 Å². The number of halogens is 1. The molecule has 2 heterocycles. The number of hydrogen-bond acceptors (Lipinski definition) is 3. The van der Waals surface area contributed by atoms with Gasteiger partial charge in [-0.2, -0.15) is 0 Å². The lowest BCUT2D eigenvalue weighted by Gasteiger charge is -2.23. The summed E-state index contributed by atoms with van der Waals surface area (Å²) in [6.07, 6.45) is 1.56. The molecule has 3 rings (SSSR count). The van der Waals surface area contributed by atoms with Crippen molar-refractivity contribution in [3.63, 3.8) is 0 Å². The van der Waals surface area contributed by atoms with Crippen molar-refractivity contribution in [2.45, 2.75) is 5.37 Å². The smallest absolute Gasteiger partial charge is 0.239 e. The monoisotopic (exact) mass is 290 g/mol. The number of carbonyl (C=O) groups excluding carboxylic acids is 1. The van der Waals surface area contributed by atoms with Crippen molar-refractivity contribution < 1.29 is 4.79 Å². The molecule has 0 bridgehead atoms. The highest BCUT2D eigenvalue weighted by Gasteiger charge is 2.34. The predicted molar refractivity (Wildman–Crippen MR) is 78.4 cm³/mol. The Labute approximate surface area is 120 Å². The fraction of sp³-hybridized carbons (Fsp3) is 0.143. The second kappa shape index (κ2) is 5.23. The van der Waals surface area contributed by atoms with E-state index in [-0.39, 0.29) is 11.3 Å². The quantitative estimate of drug-likeness (QED) is 0.848. The van der Waals surface area contributed by atoms with Gasteiger partial charge in [-0.3, -0.25) is 9.69 Å². The van der Waals surface area contributed by atoms with Gasteiger partial charge < -0.3 is 0 Å².